The fourth-order valence-electron chi connectivity index (χ4n) is 3.95. The summed E-state index contributed by atoms with van der Waals surface area (Å²) >= 11 is 0. The van der Waals surface area contributed by atoms with Gasteiger partial charge in [0.1, 0.15) is 42.0 Å². The van der Waals surface area contributed by atoms with E-state index in [0.29, 0.717) is 11.1 Å². The zero-order valence-electron chi connectivity index (χ0n) is 16.8. The van der Waals surface area contributed by atoms with Crippen molar-refractivity contribution >= 4 is 5.69 Å². The van der Waals surface area contributed by atoms with E-state index in [1.807, 2.05) is 0 Å². The highest BCUT2D eigenvalue weighted by molar-refractivity contribution is 5.57. The number of fused-ring (bicyclic) bond motifs is 1. The molecule has 0 aliphatic carbocycles. The Hall–Kier alpha value is -2.80. The molecule has 1 saturated heterocycles. The summed E-state index contributed by atoms with van der Waals surface area (Å²) < 4.78 is 17.4. The van der Waals surface area contributed by atoms with Gasteiger partial charge in [0.15, 0.2) is 23.9 Å². The van der Waals surface area contributed by atoms with Gasteiger partial charge in [-0.15, -0.1) is 0 Å². The number of anilines is 1. The van der Waals surface area contributed by atoms with Crippen LogP contribution in [0.5, 0.6) is 23.0 Å². The monoisotopic (exact) mass is 451 g/mol. The van der Waals surface area contributed by atoms with Gasteiger partial charge in [0.25, 0.3) is 0 Å². The second-order valence-corrected chi connectivity index (χ2v) is 7.88. The molecule has 11 nitrogen and oxygen atoms in total. The number of nitrogens with two attached hydrogens (primary N) is 1. The maximum atomic E-state index is 10.4. The van der Waals surface area contributed by atoms with Gasteiger partial charge in [-0.1, -0.05) is 6.07 Å². The first kappa shape index (κ1) is 22.4. The minimum absolute atomic E-state index is 0.0722. The molecule has 0 aromatic heterocycles. The number of phenolic OH excluding ortho intramolecular Hbond substituents is 3. The smallest absolute Gasteiger partial charge is 0.187 e. The number of rotatable bonds is 4. The molecule has 0 bridgehead atoms. The summed E-state index contributed by atoms with van der Waals surface area (Å²) in [4.78, 5) is 0. The van der Waals surface area contributed by atoms with E-state index >= 15 is 0 Å². The van der Waals surface area contributed by atoms with E-state index in [1.165, 1.54) is 30.3 Å². The van der Waals surface area contributed by atoms with Crippen molar-refractivity contribution in [3.8, 4) is 23.0 Å². The average Bonchev–Trinajstić information content (AvgIpc) is 2.76. The maximum Gasteiger partial charge on any atom is 0.187 e. The molecule has 1 unspecified atom stereocenters. The van der Waals surface area contributed by atoms with Crippen LogP contribution < -0.4 is 10.5 Å². The van der Waals surface area contributed by atoms with Crippen LogP contribution >= 0.6 is 0 Å². The number of aliphatic hydroxyl groups is 4. The number of benzene rings is 2. The van der Waals surface area contributed by atoms with Gasteiger partial charge >= 0.3 is 0 Å². The van der Waals surface area contributed by atoms with Crippen LogP contribution in [0.25, 0.3) is 0 Å². The number of aromatic hydroxyl groups is 3. The maximum absolute atomic E-state index is 10.4. The van der Waals surface area contributed by atoms with E-state index in [9.17, 15) is 35.7 Å². The third-order valence-electron chi connectivity index (χ3n) is 5.69. The molecule has 32 heavy (non-hydrogen) atoms. The first-order valence-corrected chi connectivity index (χ1v) is 9.95. The molecule has 0 saturated carbocycles. The molecule has 11 heteroatoms. The first-order chi connectivity index (χ1) is 15.2. The van der Waals surface area contributed by atoms with Crippen LogP contribution in [-0.2, 0) is 15.9 Å². The second-order valence-electron chi connectivity index (χ2n) is 7.88. The number of hydrogen-bond acceptors (Lipinski definition) is 11. The third-order valence-corrected chi connectivity index (χ3v) is 5.69. The molecule has 7 atom stereocenters. The lowest BCUT2D eigenvalue weighted by Gasteiger charge is -2.43. The Kier molecular flexibility index (Phi) is 6.03. The highest BCUT2D eigenvalue weighted by Crippen LogP contribution is 2.44. The predicted molar refractivity (Wildman–Crippen MR) is 108 cm³/mol. The number of aliphatic hydroxyl groups excluding tert-OH is 4. The number of ether oxygens (including phenoxy) is 3. The molecular formula is C21H25NO10. The molecule has 2 aliphatic heterocycles. The second kappa shape index (κ2) is 8.62. The van der Waals surface area contributed by atoms with Crippen molar-refractivity contribution in [2.75, 3.05) is 12.3 Å². The Morgan fingerprint density at radius 3 is 2.38 bits per heavy atom. The van der Waals surface area contributed by atoms with E-state index in [0.717, 1.165) is 0 Å². The predicted octanol–water partition coefficient (Wildman–Crippen LogP) is -0.753. The summed E-state index contributed by atoms with van der Waals surface area (Å²) in [5.74, 6) is -0.569. The van der Waals surface area contributed by atoms with Gasteiger partial charge in [-0.2, -0.15) is 0 Å². The van der Waals surface area contributed by atoms with Crippen molar-refractivity contribution in [3.63, 3.8) is 0 Å². The summed E-state index contributed by atoms with van der Waals surface area (Å²) in [6, 6.07) is 6.92. The molecular weight excluding hydrogens is 426 g/mol. The molecule has 1 fully saturated rings. The van der Waals surface area contributed by atoms with Crippen LogP contribution in [0.4, 0.5) is 5.69 Å². The Balaban J connectivity index is 1.68. The van der Waals surface area contributed by atoms with Crippen molar-refractivity contribution in [3.05, 3.63) is 41.5 Å². The summed E-state index contributed by atoms with van der Waals surface area (Å²) in [5, 5.41) is 69.7. The summed E-state index contributed by atoms with van der Waals surface area (Å²) in [7, 11) is 0. The van der Waals surface area contributed by atoms with Crippen LogP contribution in [-0.4, -0.2) is 79.2 Å². The SMILES string of the molecule is Nc1cc(O)c2c(c1)O[C@H](c1ccc(O)c(O)c1)[C@H](O[C@@H]1OC(CO)[C@@H](O)[C@@H](O)[C@H]1O)C2. The Morgan fingerprint density at radius 1 is 0.938 bits per heavy atom. The van der Waals surface area contributed by atoms with E-state index in [2.05, 4.69) is 0 Å². The Morgan fingerprint density at radius 2 is 1.69 bits per heavy atom. The fraction of sp³-hybridized carbons (Fsp3) is 0.429. The van der Waals surface area contributed by atoms with Crippen molar-refractivity contribution in [1.29, 1.82) is 0 Å². The highest BCUT2D eigenvalue weighted by Gasteiger charge is 2.46. The van der Waals surface area contributed by atoms with Gasteiger partial charge < -0.3 is 55.7 Å². The molecule has 2 aliphatic rings. The minimum Gasteiger partial charge on any atom is -0.507 e. The lowest BCUT2D eigenvalue weighted by atomic mass is 9.93. The molecule has 2 heterocycles. The zero-order valence-corrected chi connectivity index (χ0v) is 16.8. The molecule has 2 aromatic rings. The molecule has 2 aromatic carbocycles. The Labute approximate surface area is 182 Å². The fourth-order valence-corrected chi connectivity index (χ4v) is 3.95. The lowest BCUT2D eigenvalue weighted by molar-refractivity contribution is -0.317. The Bertz CT molecular complexity index is 983. The van der Waals surface area contributed by atoms with Crippen LogP contribution in [0.15, 0.2) is 30.3 Å². The largest absolute Gasteiger partial charge is 0.507 e. The van der Waals surface area contributed by atoms with E-state index in [1.54, 1.807) is 0 Å². The van der Waals surface area contributed by atoms with Gasteiger partial charge in [-0.05, 0) is 17.7 Å². The lowest BCUT2D eigenvalue weighted by Crippen LogP contribution is -2.60. The quantitative estimate of drug-likeness (QED) is 0.215. The van der Waals surface area contributed by atoms with Gasteiger partial charge in [0.05, 0.1) is 6.61 Å². The summed E-state index contributed by atoms with van der Waals surface area (Å²) in [5.41, 5.74) is 6.85. The van der Waals surface area contributed by atoms with Gasteiger partial charge in [-0.25, -0.2) is 0 Å². The zero-order chi connectivity index (χ0) is 23.2. The molecule has 174 valence electrons. The number of hydrogen-bond donors (Lipinski definition) is 8. The van der Waals surface area contributed by atoms with Crippen molar-refractivity contribution in [2.24, 2.45) is 0 Å². The molecule has 0 spiro atoms. The summed E-state index contributed by atoms with van der Waals surface area (Å²) in [6.07, 6.45) is -9.16. The van der Waals surface area contributed by atoms with E-state index < -0.39 is 49.5 Å². The number of nitrogen functional groups attached to an aromatic ring is 1. The van der Waals surface area contributed by atoms with Crippen LogP contribution in [0.2, 0.25) is 0 Å². The standard InChI is InChI=1S/C21H25NO10/c22-9-4-12(25)10-6-15(31-21-19(29)18(28)17(27)16(7-23)32-21)20(30-14(10)5-9)8-1-2-11(24)13(26)3-8/h1-5,15-21,23-29H,6-7,22H2/t15-,16?,17-,18-,19-,20-,21-/m1/s1. The van der Waals surface area contributed by atoms with Crippen molar-refractivity contribution < 1.29 is 50.0 Å². The average molecular weight is 451 g/mol. The topological polar surface area (TPSA) is 195 Å². The highest BCUT2D eigenvalue weighted by atomic mass is 16.7. The first-order valence-electron chi connectivity index (χ1n) is 9.95. The van der Waals surface area contributed by atoms with Gasteiger partial charge in [0.2, 0.25) is 0 Å². The van der Waals surface area contributed by atoms with Crippen LogP contribution in [0.1, 0.15) is 17.2 Å². The van der Waals surface area contributed by atoms with Crippen LogP contribution in [0.3, 0.4) is 0 Å². The molecule has 9 N–H and O–H groups in total. The van der Waals surface area contributed by atoms with Crippen LogP contribution in [0, 0.1) is 0 Å². The number of phenols is 3. The van der Waals surface area contributed by atoms with E-state index in [4.69, 9.17) is 19.9 Å². The molecule has 4 rings (SSSR count). The third kappa shape index (κ3) is 4.01. The molecule has 0 radical (unpaired) electrons. The normalized spacial score (nSPS) is 32.2. The van der Waals surface area contributed by atoms with E-state index in [-0.39, 0.29) is 35.1 Å². The van der Waals surface area contributed by atoms with Gasteiger partial charge in [0, 0.05) is 29.8 Å². The van der Waals surface area contributed by atoms with Gasteiger partial charge in [-0.3, -0.25) is 0 Å². The minimum atomic E-state index is -1.64. The van der Waals surface area contributed by atoms with Crippen molar-refractivity contribution in [2.45, 2.75) is 49.3 Å². The molecule has 0 amide bonds. The summed E-state index contributed by atoms with van der Waals surface area (Å²) in [6.45, 7) is -0.621. The van der Waals surface area contributed by atoms with Crippen molar-refractivity contribution in [1.82, 2.24) is 0 Å².